The van der Waals surface area contributed by atoms with Crippen molar-refractivity contribution in [3.05, 3.63) is 29.7 Å². The Kier molecular flexibility index (Phi) is 5.94. The summed E-state index contributed by atoms with van der Waals surface area (Å²) in [5.74, 6) is 0. The molecule has 1 rings (SSSR count). The third-order valence-electron chi connectivity index (χ3n) is 2.55. The van der Waals surface area contributed by atoms with Crippen molar-refractivity contribution in [3.8, 4) is 0 Å². The molecule has 0 aromatic rings. The van der Waals surface area contributed by atoms with Gasteiger partial charge < -0.3 is 6.92 Å². The number of halogens is 2. The fourth-order valence-corrected chi connectivity index (χ4v) is 1.42. The van der Waals surface area contributed by atoms with Crippen LogP contribution in [0.5, 0.6) is 0 Å². The van der Waals surface area contributed by atoms with E-state index in [9.17, 15) is 0 Å². The van der Waals surface area contributed by atoms with Crippen LogP contribution in [0.15, 0.2) is 22.8 Å². The first-order chi connectivity index (χ1) is 5.86. The second-order valence-corrected chi connectivity index (χ2v) is 6.15. The van der Waals surface area contributed by atoms with E-state index in [-0.39, 0.29) is 5.41 Å². The van der Waals surface area contributed by atoms with E-state index in [4.69, 9.17) is 18.6 Å². The van der Waals surface area contributed by atoms with Crippen LogP contribution in [0.4, 0.5) is 0 Å². The van der Waals surface area contributed by atoms with Gasteiger partial charge in [0.2, 0.25) is 0 Å². The Labute approximate surface area is 98.1 Å². The van der Waals surface area contributed by atoms with E-state index in [1.54, 1.807) is 0 Å². The van der Waals surface area contributed by atoms with E-state index in [1.165, 1.54) is 16.7 Å². The Morgan fingerprint density at radius 3 is 1.77 bits per heavy atom. The molecule has 0 nitrogen and oxygen atoms in total. The van der Waals surface area contributed by atoms with Crippen LogP contribution < -0.4 is 0 Å². The molecule has 1 aliphatic carbocycles. The molecule has 0 N–H and O–H groups in total. The van der Waals surface area contributed by atoms with E-state index in [1.807, 2.05) is 0 Å². The molecule has 0 heterocycles. The van der Waals surface area contributed by atoms with Crippen molar-refractivity contribution in [1.29, 1.82) is 0 Å². The maximum absolute atomic E-state index is 4.89. The van der Waals surface area contributed by atoms with Gasteiger partial charge in [-0.25, -0.2) is 0 Å². The third-order valence-corrected chi connectivity index (χ3v) is 2.55. The van der Waals surface area contributed by atoms with E-state index in [0.717, 1.165) is 0 Å². The summed E-state index contributed by atoms with van der Waals surface area (Å²) in [6.07, 6.45) is 2.23. The zero-order chi connectivity index (χ0) is 10.6. The summed E-state index contributed by atoms with van der Waals surface area (Å²) >= 11 is -0.556. The molecule has 0 saturated carbocycles. The van der Waals surface area contributed by atoms with Gasteiger partial charge in [0.15, 0.2) is 0 Å². The molecule has 13 heavy (non-hydrogen) atoms. The van der Waals surface area contributed by atoms with Crippen LogP contribution in [-0.2, 0) is 17.0 Å². The van der Waals surface area contributed by atoms with Crippen molar-refractivity contribution in [3.63, 3.8) is 0 Å². The van der Waals surface area contributed by atoms with Gasteiger partial charge in [-0.2, -0.15) is 0 Å². The average molecular weight is 254 g/mol. The SMILES string of the molecule is [CH2-]C1(C)C=C(C)C(C)=C1C.[Cl][Ti][Cl]. The number of rotatable bonds is 0. The first-order valence-corrected chi connectivity index (χ1v) is 8.36. The van der Waals surface area contributed by atoms with Gasteiger partial charge in [-0.15, -0.1) is 11.5 Å². The molecule has 0 fully saturated rings. The zero-order valence-corrected chi connectivity index (χ0v) is 11.6. The molecule has 0 bridgehead atoms. The van der Waals surface area contributed by atoms with Gasteiger partial charge in [0, 0.05) is 0 Å². The molecule has 3 heteroatoms. The predicted octanol–water partition coefficient (Wildman–Crippen LogP) is 4.50. The Morgan fingerprint density at radius 1 is 1.31 bits per heavy atom. The topological polar surface area (TPSA) is 0 Å². The van der Waals surface area contributed by atoms with E-state index in [2.05, 4.69) is 40.7 Å². The van der Waals surface area contributed by atoms with Gasteiger partial charge in [0.05, 0.1) is 0 Å². The van der Waals surface area contributed by atoms with Crippen molar-refractivity contribution in [1.82, 2.24) is 0 Å². The molecule has 0 spiro atoms. The minimum atomic E-state index is -0.556. The summed E-state index contributed by atoms with van der Waals surface area (Å²) in [6, 6.07) is 0. The van der Waals surface area contributed by atoms with Gasteiger partial charge in [-0.1, -0.05) is 23.6 Å². The van der Waals surface area contributed by atoms with Crippen molar-refractivity contribution in [2.75, 3.05) is 0 Å². The van der Waals surface area contributed by atoms with Crippen molar-refractivity contribution < 1.29 is 17.0 Å². The fraction of sp³-hybridized carbons (Fsp3) is 0.500. The molecule has 74 valence electrons. The molecule has 0 aromatic heterocycles. The van der Waals surface area contributed by atoms with Crippen LogP contribution in [0.2, 0.25) is 0 Å². The zero-order valence-electron chi connectivity index (χ0n) is 8.54. The van der Waals surface area contributed by atoms with E-state index in [0.29, 0.717) is 0 Å². The van der Waals surface area contributed by atoms with Crippen LogP contribution in [0.3, 0.4) is 0 Å². The van der Waals surface area contributed by atoms with Crippen molar-refractivity contribution >= 4 is 18.6 Å². The second kappa shape index (κ2) is 5.61. The summed E-state index contributed by atoms with van der Waals surface area (Å²) in [4.78, 5) is 0. The molecular formula is C10H15Cl2Ti-. The van der Waals surface area contributed by atoms with Crippen molar-refractivity contribution in [2.24, 2.45) is 5.41 Å². The van der Waals surface area contributed by atoms with Gasteiger partial charge in [-0.05, 0) is 20.8 Å². The Morgan fingerprint density at radius 2 is 1.69 bits per heavy atom. The molecule has 0 radical (unpaired) electrons. The van der Waals surface area contributed by atoms with Gasteiger partial charge in [0.1, 0.15) is 0 Å². The number of allylic oxidation sites excluding steroid dienone is 4. The van der Waals surface area contributed by atoms with Crippen molar-refractivity contribution in [2.45, 2.75) is 27.7 Å². The first kappa shape index (κ1) is 13.8. The third kappa shape index (κ3) is 3.79. The molecular weight excluding hydrogens is 239 g/mol. The second-order valence-electron chi connectivity index (χ2n) is 3.57. The maximum atomic E-state index is 4.89. The minimum absolute atomic E-state index is 0.0637. The van der Waals surface area contributed by atoms with Gasteiger partial charge in [0.25, 0.3) is 0 Å². The van der Waals surface area contributed by atoms with Crippen LogP contribution in [0, 0.1) is 12.3 Å². The average Bonchev–Trinajstić information content (AvgIpc) is 2.16. The summed E-state index contributed by atoms with van der Waals surface area (Å²) in [7, 11) is 9.78. The molecule has 0 aromatic carbocycles. The number of hydrogen-bond donors (Lipinski definition) is 0. The summed E-state index contributed by atoms with van der Waals surface area (Å²) in [5, 5.41) is 0. The monoisotopic (exact) mass is 253 g/mol. The molecule has 0 saturated heterocycles. The molecule has 1 unspecified atom stereocenters. The Hall–Kier alpha value is 0.774. The van der Waals surface area contributed by atoms with Crippen LogP contribution >= 0.6 is 18.6 Å². The summed E-state index contributed by atoms with van der Waals surface area (Å²) < 4.78 is 0. The fourth-order valence-electron chi connectivity index (χ4n) is 1.42. The standard InChI is InChI=1S/C10H15.2ClH.Ti/c1-7-6-10(4,5)9(3)8(7)2;;;/h6H,4H2,1-3,5H3;2*1H;/q-1;;;+2/p-2. The first-order valence-electron chi connectivity index (χ1n) is 4.06. The van der Waals surface area contributed by atoms with Crippen LogP contribution in [0.25, 0.3) is 0 Å². The number of hydrogen-bond acceptors (Lipinski definition) is 0. The quantitative estimate of drug-likeness (QED) is 0.441. The van der Waals surface area contributed by atoms with Gasteiger partial charge >= 0.3 is 35.6 Å². The van der Waals surface area contributed by atoms with E-state index < -0.39 is 17.0 Å². The van der Waals surface area contributed by atoms with Gasteiger partial charge in [-0.3, -0.25) is 0 Å². The summed E-state index contributed by atoms with van der Waals surface area (Å²) in [6.45, 7) is 12.7. The van der Waals surface area contributed by atoms with Crippen LogP contribution in [0.1, 0.15) is 27.7 Å². The Balaban J connectivity index is 0.000000424. The predicted molar refractivity (Wildman–Crippen MR) is 57.3 cm³/mol. The van der Waals surface area contributed by atoms with Crippen LogP contribution in [-0.4, -0.2) is 0 Å². The normalized spacial score (nSPS) is 26.5. The molecule has 1 aliphatic rings. The molecule has 0 amide bonds. The summed E-state index contributed by atoms with van der Waals surface area (Å²) in [5.41, 5.74) is 4.27. The van der Waals surface area contributed by atoms with E-state index >= 15 is 0 Å². The Bertz CT molecular complexity index is 239. The molecule has 0 aliphatic heterocycles. The molecule has 1 atom stereocenters.